The fourth-order valence-corrected chi connectivity index (χ4v) is 4.60. The van der Waals surface area contributed by atoms with Crippen LogP contribution in [0.1, 0.15) is 22.4 Å². The van der Waals surface area contributed by atoms with Crippen LogP contribution in [0.5, 0.6) is 0 Å². The van der Waals surface area contributed by atoms with Crippen LogP contribution in [0.4, 0.5) is 5.82 Å². The van der Waals surface area contributed by atoms with Gasteiger partial charge in [0.1, 0.15) is 12.1 Å². The van der Waals surface area contributed by atoms with Crippen LogP contribution in [-0.4, -0.2) is 41.2 Å². The van der Waals surface area contributed by atoms with E-state index in [9.17, 15) is 4.79 Å². The Hall–Kier alpha value is -3.98. The monoisotopic (exact) mass is 483 g/mol. The molecule has 0 fully saturated rings. The minimum atomic E-state index is -0.0943. The van der Waals surface area contributed by atoms with Crippen LogP contribution in [0.3, 0.4) is 0 Å². The molecule has 0 aliphatic rings. The predicted molar refractivity (Wildman–Crippen MR) is 139 cm³/mol. The largest absolute Gasteiger partial charge is 0.310 e. The zero-order valence-electron chi connectivity index (χ0n) is 19.8. The molecule has 0 atom stereocenters. The van der Waals surface area contributed by atoms with Gasteiger partial charge in [-0.3, -0.25) is 4.79 Å². The van der Waals surface area contributed by atoms with Crippen LogP contribution in [0.15, 0.2) is 67.1 Å². The minimum Gasteiger partial charge on any atom is -0.310 e. The highest BCUT2D eigenvalue weighted by molar-refractivity contribution is 7.99. The molecule has 0 unspecified atom stereocenters. The number of hydrogen-bond donors (Lipinski definition) is 1. The number of nitrogens with one attached hydrogen (secondary N) is 1. The van der Waals surface area contributed by atoms with Crippen molar-refractivity contribution in [1.82, 2.24) is 29.5 Å². The van der Waals surface area contributed by atoms with E-state index >= 15 is 0 Å². The molecule has 8 nitrogen and oxygen atoms in total. The van der Waals surface area contributed by atoms with E-state index in [1.165, 1.54) is 23.0 Å². The lowest BCUT2D eigenvalue weighted by Gasteiger charge is -2.10. The molecule has 3 heterocycles. The van der Waals surface area contributed by atoms with Crippen molar-refractivity contribution in [1.29, 1.82) is 0 Å². The second kappa shape index (κ2) is 9.71. The lowest BCUT2D eigenvalue weighted by Crippen LogP contribution is -2.17. The fraction of sp³-hybridized carbons (Fsp3) is 0.192. The molecule has 3 aromatic heterocycles. The first kappa shape index (κ1) is 22.8. The van der Waals surface area contributed by atoms with Gasteiger partial charge in [0.15, 0.2) is 11.5 Å². The number of amides is 1. The summed E-state index contributed by atoms with van der Waals surface area (Å²) in [6.07, 6.45) is 3.23. The maximum absolute atomic E-state index is 12.7. The normalized spacial score (nSPS) is 11.2. The maximum atomic E-state index is 12.7. The van der Waals surface area contributed by atoms with Gasteiger partial charge in [-0.05, 0) is 49.6 Å². The van der Waals surface area contributed by atoms with Gasteiger partial charge in [-0.1, -0.05) is 36.4 Å². The number of aryl methyl sites for hydroxylation is 3. The van der Waals surface area contributed by atoms with Gasteiger partial charge < -0.3 is 5.32 Å². The maximum Gasteiger partial charge on any atom is 0.235 e. The Morgan fingerprint density at radius 1 is 0.971 bits per heavy atom. The molecule has 1 amide bonds. The van der Waals surface area contributed by atoms with E-state index in [1.54, 1.807) is 27.3 Å². The topological polar surface area (TPSA) is 90.5 Å². The molecular formula is C26H25N7OS. The zero-order valence-corrected chi connectivity index (χ0v) is 20.6. The Kier molecular flexibility index (Phi) is 6.33. The molecule has 0 aliphatic carbocycles. The highest BCUT2D eigenvalue weighted by Gasteiger charge is 2.18. The first-order chi connectivity index (χ1) is 17.0. The summed E-state index contributed by atoms with van der Waals surface area (Å²) in [5.41, 5.74) is 5.95. The van der Waals surface area contributed by atoms with Crippen LogP contribution >= 0.6 is 11.8 Å². The lowest BCUT2D eigenvalue weighted by molar-refractivity contribution is -0.113. The Morgan fingerprint density at radius 3 is 2.60 bits per heavy atom. The van der Waals surface area contributed by atoms with Gasteiger partial charge in [-0.15, -0.1) is 11.8 Å². The smallest absolute Gasteiger partial charge is 0.235 e. The Labute approximate surface area is 207 Å². The highest BCUT2D eigenvalue weighted by Crippen LogP contribution is 2.25. The third-order valence-corrected chi connectivity index (χ3v) is 6.73. The van der Waals surface area contributed by atoms with E-state index in [0.29, 0.717) is 23.0 Å². The molecule has 35 heavy (non-hydrogen) atoms. The number of nitrogens with zero attached hydrogens (tertiary/aromatic N) is 6. The van der Waals surface area contributed by atoms with Crippen molar-refractivity contribution in [2.45, 2.75) is 26.5 Å². The molecular weight excluding hydrogens is 458 g/mol. The number of rotatable bonds is 7. The van der Waals surface area contributed by atoms with Crippen molar-refractivity contribution in [3.8, 4) is 11.5 Å². The van der Waals surface area contributed by atoms with Gasteiger partial charge in [-0.2, -0.15) is 14.9 Å². The molecule has 0 aliphatic heterocycles. The summed E-state index contributed by atoms with van der Waals surface area (Å²) in [7, 11) is 0. The van der Waals surface area contributed by atoms with Crippen molar-refractivity contribution < 1.29 is 4.79 Å². The number of anilines is 1. The SMILES string of the molecule is Cc1cc(NC(=O)CSCc2ccccc2)n(-c2ncnc3c2cnn3-c2ccc(C)c(C)c2)n1. The highest BCUT2D eigenvalue weighted by atomic mass is 32.2. The van der Waals surface area contributed by atoms with Crippen LogP contribution < -0.4 is 5.32 Å². The molecule has 0 saturated heterocycles. The van der Waals surface area contributed by atoms with Gasteiger partial charge in [0.2, 0.25) is 5.91 Å². The molecule has 0 saturated carbocycles. The number of hydrogen-bond acceptors (Lipinski definition) is 6. The molecule has 176 valence electrons. The van der Waals surface area contributed by atoms with E-state index in [4.69, 9.17) is 0 Å². The van der Waals surface area contributed by atoms with Crippen molar-refractivity contribution in [2.24, 2.45) is 0 Å². The quantitative estimate of drug-likeness (QED) is 0.358. The van der Waals surface area contributed by atoms with Gasteiger partial charge in [0, 0.05) is 11.8 Å². The average Bonchev–Trinajstić information content (AvgIpc) is 3.45. The number of carbonyl (C=O) groups excluding carboxylic acids is 1. The van der Waals surface area contributed by atoms with E-state index < -0.39 is 0 Å². The number of thioether (sulfide) groups is 1. The van der Waals surface area contributed by atoms with Gasteiger partial charge in [0.25, 0.3) is 0 Å². The summed E-state index contributed by atoms with van der Waals surface area (Å²) in [5.74, 6) is 2.14. The molecule has 5 rings (SSSR count). The number of aromatic nitrogens is 6. The van der Waals surface area contributed by atoms with Crippen molar-refractivity contribution in [3.63, 3.8) is 0 Å². The van der Waals surface area contributed by atoms with Crippen molar-refractivity contribution in [2.75, 3.05) is 11.1 Å². The van der Waals surface area contributed by atoms with Gasteiger partial charge in [-0.25, -0.2) is 14.6 Å². The third kappa shape index (κ3) is 4.81. The average molecular weight is 484 g/mol. The first-order valence-corrected chi connectivity index (χ1v) is 12.4. The van der Waals surface area contributed by atoms with Gasteiger partial charge in [0.05, 0.1) is 28.7 Å². The molecule has 2 aromatic carbocycles. The molecule has 0 spiro atoms. The first-order valence-electron chi connectivity index (χ1n) is 11.2. The standard InChI is InChI=1S/C26H25N7OS/c1-17-9-10-21(11-18(17)2)32-25-22(13-29-32)26(28-16-27-25)33-23(12-19(3)31-33)30-24(34)15-35-14-20-7-5-4-6-8-20/h4-13,16H,14-15H2,1-3H3,(H,30,34). The molecule has 5 aromatic rings. The van der Waals surface area contributed by atoms with E-state index in [-0.39, 0.29) is 5.91 Å². The summed E-state index contributed by atoms with van der Waals surface area (Å²) < 4.78 is 3.44. The summed E-state index contributed by atoms with van der Waals surface area (Å²) in [6, 6.07) is 18.1. The summed E-state index contributed by atoms with van der Waals surface area (Å²) >= 11 is 1.57. The summed E-state index contributed by atoms with van der Waals surface area (Å²) in [5, 5.41) is 12.9. The Bertz CT molecular complexity index is 1510. The minimum absolute atomic E-state index is 0.0943. The predicted octanol–water partition coefficient (Wildman–Crippen LogP) is 4.80. The molecule has 0 bridgehead atoms. The second-order valence-corrected chi connectivity index (χ2v) is 9.35. The Morgan fingerprint density at radius 2 is 1.80 bits per heavy atom. The number of carbonyl (C=O) groups is 1. The zero-order chi connectivity index (χ0) is 24.4. The van der Waals surface area contributed by atoms with Crippen LogP contribution in [-0.2, 0) is 10.5 Å². The van der Waals surface area contributed by atoms with Crippen molar-refractivity contribution >= 4 is 34.5 Å². The Balaban J connectivity index is 1.40. The molecule has 1 N–H and O–H groups in total. The van der Waals surface area contributed by atoms with Crippen LogP contribution in [0, 0.1) is 20.8 Å². The second-order valence-electron chi connectivity index (χ2n) is 8.37. The van der Waals surface area contributed by atoms with E-state index in [2.05, 4.69) is 63.6 Å². The van der Waals surface area contributed by atoms with Crippen LogP contribution in [0.2, 0.25) is 0 Å². The van der Waals surface area contributed by atoms with Gasteiger partial charge >= 0.3 is 0 Å². The fourth-order valence-electron chi connectivity index (χ4n) is 3.81. The lowest BCUT2D eigenvalue weighted by atomic mass is 10.1. The molecule has 9 heteroatoms. The molecule has 0 radical (unpaired) electrons. The third-order valence-electron chi connectivity index (χ3n) is 5.72. The van der Waals surface area contributed by atoms with E-state index in [0.717, 1.165) is 22.5 Å². The summed E-state index contributed by atoms with van der Waals surface area (Å²) in [4.78, 5) is 21.6. The summed E-state index contributed by atoms with van der Waals surface area (Å²) in [6.45, 7) is 6.04. The van der Waals surface area contributed by atoms with E-state index in [1.807, 2.05) is 37.3 Å². The van der Waals surface area contributed by atoms with Crippen LogP contribution in [0.25, 0.3) is 22.5 Å². The van der Waals surface area contributed by atoms with Crippen molar-refractivity contribution in [3.05, 3.63) is 89.5 Å². The number of benzene rings is 2. The number of fused-ring (bicyclic) bond motifs is 1.